The Hall–Kier alpha value is -4.44. The molecule has 2 heterocycles. The van der Waals surface area contributed by atoms with Gasteiger partial charge in [-0.2, -0.15) is 0 Å². The normalized spacial score (nSPS) is 23.5. The van der Waals surface area contributed by atoms with E-state index < -0.39 is 11.8 Å². The van der Waals surface area contributed by atoms with Crippen molar-refractivity contribution in [1.82, 2.24) is 0 Å². The summed E-state index contributed by atoms with van der Waals surface area (Å²) in [5, 5.41) is 1.99. The zero-order chi connectivity index (χ0) is 24.2. The van der Waals surface area contributed by atoms with Crippen LogP contribution in [0.25, 0.3) is 21.9 Å². The molecule has 0 N–H and O–H groups in total. The van der Waals surface area contributed by atoms with Crippen LogP contribution in [0.3, 0.4) is 0 Å². The molecule has 4 aromatic carbocycles. The summed E-state index contributed by atoms with van der Waals surface area (Å²) in [6.45, 7) is 0. The van der Waals surface area contributed by atoms with Gasteiger partial charge in [0.2, 0.25) is 11.8 Å². The highest BCUT2D eigenvalue weighted by Crippen LogP contribution is 2.50. The van der Waals surface area contributed by atoms with Crippen molar-refractivity contribution >= 4 is 39.4 Å². The molecule has 1 aliphatic heterocycles. The van der Waals surface area contributed by atoms with Gasteiger partial charge in [-0.1, -0.05) is 91.0 Å². The fourth-order valence-electron chi connectivity index (χ4n) is 6.04. The van der Waals surface area contributed by atoms with Crippen LogP contribution in [0.2, 0.25) is 0 Å². The van der Waals surface area contributed by atoms with Crippen molar-refractivity contribution in [1.29, 1.82) is 0 Å². The standard InChI is InChI=1S/C32H23NO3/c34-31-29-23(20-9-3-1-4-10-20)17-18-24(21-11-5-2-6-12-21)30(29)32(35)33(31)22-15-16-26-25-13-7-8-14-27(25)36-28(26)19-22/h1-19,23-24,29-30H/t23-,24-,29+,30+/m0/s1. The molecule has 4 nitrogen and oxygen atoms in total. The number of nitrogens with zero attached hydrogens (tertiary/aromatic N) is 1. The number of anilines is 1. The van der Waals surface area contributed by atoms with Gasteiger partial charge in [-0.25, -0.2) is 4.90 Å². The van der Waals surface area contributed by atoms with E-state index in [1.807, 2.05) is 103 Å². The number of rotatable bonds is 3. The number of amides is 2. The lowest BCUT2D eigenvalue weighted by molar-refractivity contribution is -0.122. The summed E-state index contributed by atoms with van der Waals surface area (Å²) < 4.78 is 6.06. The molecule has 0 bridgehead atoms. The van der Waals surface area contributed by atoms with Gasteiger partial charge in [0, 0.05) is 28.7 Å². The lowest BCUT2D eigenvalue weighted by Gasteiger charge is -2.32. The first-order chi connectivity index (χ1) is 17.7. The maximum Gasteiger partial charge on any atom is 0.238 e. The molecule has 1 aliphatic carbocycles. The Bertz CT molecular complexity index is 1580. The fourth-order valence-corrected chi connectivity index (χ4v) is 6.04. The molecule has 0 saturated carbocycles. The van der Waals surface area contributed by atoms with Gasteiger partial charge in [0.1, 0.15) is 11.2 Å². The second-order valence-electron chi connectivity index (χ2n) is 9.60. The van der Waals surface area contributed by atoms with E-state index in [2.05, 4.69) is 12.2 Å². The Balaban J connectivity index is 1.36. The van der Waals surface area contributed by atoms with Crippen molar-refractivity contribution in [3.8, 4) is 0 Å². The third-order valence-electron chi connectivity index (χ3n) is 7.69. The molecule has 0 unspecified atom stereocenters. The van der Waals surface area contributed by atoms with Gasteiger partial charge in [0.15, 0.2) is 0 Å². The molecule has 4 atom stereocenters. The van der Waals surface area contributed by atoms with Crippen LogP contribution in [0, 0.1) is 11.8 Å². The lowest BCUT2D eigenvalue weighted by Crippen LogP contribution is -2.31. The molecular formula is C32H23NO3. The highest BCUT2D eigenvalue weighted by atomic mass is 16.3. The smallest absolute Gasteiger partial charge is 0.238 e. The van der Waals surface area contributed by atoms with Crippen LogP contribution in [-0.4, -0.2) is 11.8 Å². The molecule has 1 aromatic heterocycles. The Kier molecular flexibility index (Phi) is 4.68. The number of imide groups is 1. The summed E-state index contributed by atoms with van der Waals surface area (Å²) >= 11 is 0. The number of carbonyl (C=O) groups excluding carboxylic acids is 2. The van der Waals surface area contributed by atoms with Gasteiger partial charge in [-0.15, -0.1) is 0 Å². The van der Waals surface area contributed by atoms with E-state index in [-0.39, 0.29) is 23.7 Å². The Morgan fingerprint density at radius 2 is 1.08 bits per heavy atom. The van der Waals surface area contributed by atoms with E-state index in [0.29, 0.717) is 11.3 Å². The maximum atomic E-state index is 14.1. The zero-order valence-electron chi connectivity index (χ0n) is 19.5. The van der Waals surface area contributed by atoms with Crippen molar-refractivity contribution in [2.75, 3.05) is 4.90 Å². The Morgan fingerprint density at radius 1 is 0.556 bits per heavy atom. The first-order valence-electron chi connectivity index (χ1n) is 12.3. The zero-order valence-corrected chi connectivity index (χ0v) is 19.5. The summed E-state index contributed by atoms with van der Waals surface area (Å²) in [5.41, 5.74) is 4.11. The highest BCUT2D eigenvalue weighted by molar-refractivity contribution is 6.23. The molecule has 0 radical (unpaired) electrons. The van der Waals surface area contributed by atoms with Crippen LogP contribution in [0.5, 0.6) is 0 Å². The van der Waals surface area contributed by atoms with E-state index >= 15 is 0 Å². The molecular weight excluding hydrogens is 446 g/mol. The average molecular weight is 470 g/mol. The number of hydrogen-bond acceptors (Lipinski definition) is 3. The lowest BCUT2D eigenvalue weighted by atomic mass is 9.68. The van der Waals surface area contributed by atoms with Gasteiger partial charge in [-0.3, -0.25) is 9.59 Å². The minimum absolute atomic E-state index is 0.153. The Labute approximate surface area is 208 Å². The maximum absolute atomic E-state index is 14.1. The number of carbonyl (C=O) groups is 2. The van der Waals surface area contributed by atoms with Gasteiger partial charge in [-0.05, 0) is 29.3 Å². The molecule has 4 heteroatoms. The number of fused-ring (bicyclic) bond motifs is 4. The van der Waals surface area contributed by atoms with Crippen LogP contribution in [0.4, 0.5) is 5.69 Å². The molecule has 174 valence electrons. The second-order valence-corrected chi connectivity index (χ2v) is 9.60. The van der Waals surface area contributed by atoms with Crippen LogP contribution in [-0.2, 0) is 9.59 Å². The van der Waals surface area contributed by atoms with Gasteiger partial charge in [0.25, 0.3) is 0 Å². The fraction of sp³-hybridized carbons (Fsp3) is 0.125. The van der Waals surface area contributed by atoms with Crippen molar-refractivity contribution in [3.05, 3.63) is 126 Å². The van der Waals surface area contributed by atoms with Crippen molar-refractivity contribution in [3.63, 3.8) is 0 Å². The topological polar surface area (TPSA) is 50.5 Å². The largest absolute Gasteiger partial charge is 0.456 e. The number of para-hydroxylation sites is 1. The number of hydrogen-bond donors (Lipinski definition) is 0. The quantitative estimate of drug-likeness (QED) is 0.215. The van der Waals surface area contributed by atoms with E-state index in [1.165, 1.54) is 4.90 Å². The molecule has 1 saturated heterocycles. The third-order valence-corrected chi connectivity index (χ3v) is 7.69. The minimum atomic E-state index is -0.471. The predicted molar refractivity (Wildman–Crippen MR) is 141 cm³/mol. The monoisotopic (exact) mass is 469 g/mol. The Morgan fingerprint density at radius 3 is 1.69 bits per heavy atom. The molecule has 5 aromatic rings. The van der Waals surface area contributed by atoms with Gasteiger partial charge >= 0.3 is 0 Å². The molecule has 0 spiro atoms. The van der Waals surface area contributed by atoms with Crippen LogP contribution >= 0.6 is 0 Å². The number of benzene rings is 4. The molecule has 36 heavy (non-hydrogen) atoms. The second kappa shape index (κ2) is 8.06. The number of allylic oxidation sites excluding steroid dienone is 2. The summed E-state index contributed by atoms with van der Waals surface area (Å²) in [4.78, 5) is 29.5. The van der Waals surface area contributed by atoms with Crippen LogP contribution in [0.1, 0.15) is 23.0 Å². The first-order valence-corrected chi connectivity index (χ1v) is 12.3. The highest BCUT2D eigenvalue weighted by Gasteiger charge is 2.55. The molecule has 2 aliphatic rings. The van der Waals surface area contributed by atoms with Crippen LogP contribution in [0.15, 0.2) is 120 Å². The predicted octanol–water partition coefficient (Wildman–Crippen LogP) is 6.83. The van der Waals surface area contributed by atoms with Gasteiger partial charge in [0.05, 0.1) is 17.5 Å². The molecule has 1 fully saturated rings. The molecule has 2 amide bonds. The first kappa shape index (κ1) is 20.9. The SMILES string of the molecule is O=C1[C@H]2[C@H](C(=O)N1c1ccc3c(c1)oc1ccccc13)[C@H](c1ccccc1)C=C[C@H]2c1ccccc1. The van der Waals surface area contributed by atoms with Crippen molar-refractivity contribution in [2.45, 2.75) is 11.8 Å². The third kappa shape index (κ3) is 3.07. The van der Waals surface area contributed by atoms with E-state index in [0.717, 1.165) is 27.5 Å². The summed E-state index contributed by atoms with van der Waals surface area (Å²) in [6, 6.07) is 33.5. The van der Waals surface area contributed by atoms with Crippen molar-refractivity contribution in [2.24, 2.45) is 11.8 Å². The van der Waals surface area contributed by atoms with E-state index in [1.54, 1.807) is 0 Å². The van der Waals surface area contributed by atoms with Crippen LogP contribution < -0.4 is 4.90 Å². The van der Waals surface area contributed by atoms with E-state index in [4.69, 9.17) is 4.42 Å². The average Bonchev–Trinajstić information content (AvgIpc) is 3.43. The van der Waals surface area contributed by atoms with Gasteiger partial charge < -0.3 is 4.42 Å². The molecule has 7 rings (SSSR count). The summed E-state index contributed by atoms with van der Waals surface area (Å²) in [7, 11) is 0. The summed E-state index contributed by atoms with van der Waals surface area (Å²) in [6.07, 6.45) is 4.23. The van der Waals surface area contributed by atoms with Crippen molar-refractivity contribution < 1.29 is 14.0 Å². The number of furan rings is 1. The van der Waals surface area contributed by atoms with E-state index in [9.17, 15) is 9.59 Å². The minimum Gasteiger partial charge on any atom is -0.456 e. The summed E-state index contributed by atoms with van der Waals surface area (Å²) in [5.74, 6) is -1.57.